The van der Waals surface area contributed by atoms with Crippen molar-refractivity contribution in [2.24, 2.45) is 0 Å². The summed E-state index contributed by atoms with van der Waals surface area (Å²) in [4.78, 5) is 20.7. The average molecular weight is 422 g/mol. The second-order valence-electron chi connectivity index (χ2n) is 6.14. The fraction of sp³-hybridized carbons (Fsp3) is 0.0952. The van der Waals surface area contributed by atoms with Crippen LogP contribution < -0.4 is 25.4 Å². The first-order valence-electron chi connectivity index (χ1n) is 8.91. The molecular formula is C21H16ClN5O3. The minimum atomic E-state index is -0.261. The molecule has 0 saturated carbocycles. The molecule has 1 aliphatic rings. The smallest absolute Gasteiger partial charge is 0.252 e. The van der Waals surface area contributed by atoms with E-state index in [0.717, 1.165) is 0 Å². The second kappa shape index (κ2) is 8.59. The standard InChI is InChI=1S/C21H16ClN5O3/c1-2-9-23-20(28)13-4-3-5-14(11-13)25-21-24-10-8-17(27-21)26-18-15(22)6-7-16-19(18)30-12-29-16/h1,3-8,10-11H,9,12H2,(H,23,28)(H2,24,25,26,27). The number of nitrogens with zero attached hydrogens (tertiary/aromatic N) is 2. The van der Waals surface area contributed by atoms with E-state index in [4.69, 9.17) is 27.5 Å². The number of nitrogens with one attached hydrogen (secondary N) is 3. The van der Waals surface area contributed by atoms with Crippen LogP contribution in [0.1, 0.15) is 10.4 Å². The number of amides is 1. The van der Waals surface area contributed by atoms with Crippen molar-refractivity contribution in [1.82, 2.24) is 15.3 Å². The van der Waals surface area contributed by atoms with E-state index in [2.05, 4.69) is 31.8 Å². The zero-order valence-electron chi connectivity index (χ0n) is 15.6. The lowest BCUT2D eigenvalue weighted by Gasteiger charge is -2.12. The highest BCUT2D eigenvalue weighted by atomic mass is 35.5. The van der Waals surface area contributed by atoms with E-state index in [1.54, 1.807) is 48.7 Å². The topological polar surface area (TPSA) is 97.4 Å². The van der Waals surface area contributed by atoms with Crippen molar-refractivity contribution in [1.29, 1.82) is 0 Å². The summed E-state index contributed by atoms with van der Waals surface area (Å²) in [6, 6.07) is 12.1. The SMILES string of the molecule is C#CCNC(=O)c1cccc(Nc2nccc(Nc3c(Cl)ccc4c3OCO4)n2)c1. The van der Waals surface area contributed by atoms with Gasteiger partial charge in [-0.05, 0) is 36.4 Å². The average Bonchev–Trinajstić information content (AvgIpc) is 3.24. The third-order valence-electron chi connectivity index (χ3n) is 4.13. The molecule has 0 bridgehead atoms. The van der Waals surface area contributed by atoms with E-state index in [9.17, 15) is 4.79 Å². The Hall–Kier alpha value is -3.96. The van der Waals surface area contributed by atoms with E-state index in [1.807, 2.05) is 0 Å². The molecule has 9 heteroatoms. The van der Waals surface area contributed by atoms with Crippen LogP contribution in [0.3, 0.4) is 0 Å². The molecule has 0 unspecified atom stereocenters. The Morgan fingerprint density at radius 1 is 1.20 bits per heavy atom. The third kappa shape index (κ3) is 4.21. The lowest BCUT2D eigenvalue weighted by molar-refractivity contribution is 0.0958. The van der Waals surface area contributed by atoms with Gasteiger partial charge in [0.1, 0.15) is 11.5 Å². The molecule has 0 aliphatic carbocycles. The zero-order chi connectivity index (χ0) is 20.9. The predicted molar refractivity (Wildman–Crippen MR) is 114 cm³/mol. The number of ether oxygens (including phenoxy) is 2. The van der Waals surface area contributed by atoms with E-state index in [1.165, 1.54) is 0 Å². The van der Waals surface area contributed by atoms with Crippen molar-refractivity contribution in [3.05, 3.63) is 59.2 Å². The first-order chi connectivity index (χ1) is 14.6. The summed E-state index contributed by atoms with van der Waals surface area (Å²) < 4.78 is 10.9. The van der Waals surface area contributed by atoms with Crippen LogP contribution in [0.25, 0.3) is 0 Å². The fourth-order valence-corrected chi connectivity index (χ4v) is 2.98. The molecular weight excluding hydrogens is 406 g/mol. The molecule has 0 atom stereocenters. The predicted octanol–water partition coefficient (Wildman–Crippen LogP) is 3.71. The highest BCUT2D eigenvalue weighted by molar-refractivity contribution is 6.33. The highest BCUT2D eigenvalue weighted by Crippen LogP contribution is 2.44. The maximum absolute atomic E-state index is 12.1. The summed E-state index contributed by atoms with van der Waals surface area (Å²) >= 11 is 6.30. The fourth-order valence-electron chi connectivity index (χ4n) is 2.78. The van der Waals surface area contributed by atoms with Gasteiger partial charge in [-0.15, -0.1) is 6.42 Å². The van der Waals surface area contributed by atoms with Crippen LogP contribution in [0, 0.1) is 12.3 Å². The molecule has 1 aromatic heterocycles. The monoisotopic (exact) mass is 421 g/mol. The number of terminal acetylenes is 1. The summed E-state index contributed by atoms with van der Waals surface area (Å²) in [6.07, 6.45) is 6.77. The van der Waals surface area contributed by atoms with Gasteiger partial charge in [0, 0.05) is 17.4 Å². The summed E-state index contributed by atoms with van der Waals surface area (Å²) in [7, 11) is 0. The molecule has 30 heavy (non-hydrogen) atoms. The van der Waals surface area contributed by atoms with Gasteiger partial charge in [0.25, 0.3) is 5.91 Å². The number of hydrogen-bond donors (Lipinski definition) is 3. The number of halogens is 1. The molecule has 3 aromatic rings. The van der Waals surface area contributed by atoms with E-state index >= 15 is 0 Å². The van der Waals surface area contributed by atoms with Crippen LogP contribution in [0.15, 0.2) is 48.7 Å². The van der Waals surface area contributed by atoms with E-state index in [-0.39, 0.29) is 19.2 Å². The Morgan fingerprint density at radius 3 is 2.97 bits per heavy atom. The number of fused-ring (bicyclic) bond motifs is 1. The molecule has 150 valence electrons. The number of benzene rings is 2. The van der Waals surface area contributed by atoms with Crippen LogP contribution in [-0.4, -0.2) is 29.2 Å². The van der Waals surface area contributed by atoms with Crippen LogP contribution in [0.5, 0.6) is 11.5 Å². The van der Waals surface area contributed by atoms with Gasteiger partial charge in [0.2, 0.25) is 12.7 Å². The molecule has 0 spiro atoms. The van der Waals surface area contributed by atoms with Crippen LogP contribution in [-0.2, 0) is 0 Å². The third-order valence-corrected chi connectivity index (χ3v) is 4.44. The molecule has 0 radical (unpaired) electrons. The largest absolute Gasteiger partial charge is 0.454 e. The van der Waals surface area contributed by atoms with Gasteiger partial charge in [-0.25, -0.2) is 4.98 Å². The van der Waals surface area contributed by atoms with Crippen LogP contribution in [0.4, 0.5) is 23.1 Å². The van der Waals surface area contributed by atoms with Crippen molar-refractivity contribution in [3.63, 3.8) is 0 Å². The first kappa shape index (κ1) is 19.4. The summed E-state index contributed by atoms with van der Waals surface area (Å²) in [5.41, 5.74) is 1.67. The van der Waals surface area contributed by atoms with Gasteiger partial charge in [0.05, 0.1) is 11.6 Å². The van der Waals surface area contributed by atoms with Crippen molar-refractivity contribution in [3.8, 4) is 23.8 Å². The van der Waals surface area contributed by atoms with Gasteiger partial charge < -0.3 is 25.4 Å². The Balaban J connectivity index is 1.52. The summed E-state index contributed by atoms with van der Waals surface area (Å²) in [6.45, 7) is 0.292. The number of rotatable bonds is 6. The molecule has 0 saturated heterocycles. The second-order valence-corrected chi connectivity index (χ2v) is 6.55. The normalized spacial score (nSPS) is 11.5. The van der Waals surface area contributed by atoms with E-state index < -0.39 is 0 Å². The number of hydrogen-bond acceptors (Lipinski definition) is 7. The van der Waals surface area contributed by atoms with Gasteiger partial charge in [0.15, 0.2) is 11.5 Å². The number of carbonyl (C=O) groups is 1. The van der Waals surface area contributed by atoms with Crippen LogP contribution >= 0.6 is 11.6 Å². The van der Waals surface area contributed by atoms with Gasteiger partial charge in [-0.1, -0.05) is 23.6 Å². The first-order valence-corrected chi connectivity index (χ1v) is 9.29. The molecule has 3 N–H and O–H groups in total. The van der Waals surface area contributed by atoms with Crippen LogP contribution in [0.2, 0.25) is 5.02 Å². The quantitative estimate of drug-likeness (QED) is 0.522. The molecule has 8 nitrogen and oxygen atoms in total. The minimum absolute atomic E-state index is 0.131. The Kier molecular flexibility index (Phi) is 5.54. The van der Waals surface area contributed by atoms with Crippen molar-refractivity contribution in [2.75, 3.05) is 24.0 Å². The van der Waals surface area contributed by atoms with E-state index in [0.29, 0.717) is 45.2 Å². The molecule has 0 fully saturated rings. The Bertz CT molecular complexity index is 1150. The van der Waals surface area contributed by atoms with Crippen molar-refractivity contribution in [2.45, 2.75) is 0 Å². The zero-order valence-corrected chi connectivity index (χ0v) is 16.4. The molecule has 1 aliphatic heterocycles. The molecule has 4 rings (SSSR count). The number of aromatic nitrogens is 2. The molecule has 1 amide bonds. The van der Waals surface area contributed by atoms with Gasteiger partial charge in [-0.3, -0.25) is 4.79 Å². The summed E-state index contributed by atoms with van der Waals surface area (Å²) in [5.74, 6) is 4.08. The van der Waals surface area contributed by atoms with Crippen molar-refractivity contribution >= 4 is 40.6 Å². The summed E-state index contributed by atoms with van der Waals surface area (Å²) in [5, 5.41) is 9.31. The number of anilines is 4. The minimum Gasteiger partial charge on any atom is -0.454 e. The Labute approximate surface area is 177 Å². The molecule has 2 heterocycles. The Morgan fingerprint density at radius 2 is 2.10 bits per heavy atom. The maximum atomic E-state index is 12.1. The number of carbonyl (C=O) groups excluding carboxylic acids is 1. The maximum Gasteiger partial charge on any atom is 0.252 e. The molecule has 2 aromatic carbocycles. The lowest BCUT2D eigenvalue weighted by Crippen LogP contribution is -2.23. The van der Waals surface area contributed by atoms with Gasteiger partial charge in [-0.2, -0.15) is 4.98 Å². The van der Waals surface area contributed by atoms with Gasteiger partial charge >= 0.3 is 0 Å². The van der Waals surface area contributed by atoms with Crippen molar-refractivity contribution < 1.29 is 14.3 Å². The lowest BCUT2D eigenvalue weighted by atomic mass is 10.2. The highest BCUT2D eigenvalue weighted by Gasteiger charge is 2.21.